The Morgan fingerprint density at radius 1 is 0.509 bits per heavy atom. The fourth-order valence-electron chi connectivity index (χ4n) is 5.03. The van der Waals surface area contributed by atoms with Gasteiger partial charge in [-0.3, -0.25) is 9.59 Å². The number of carboxylic acids is 2. The number of anilines is 2. The molecule has 2 amide bonds. The standard InChI is InChI=1S/C38H28N2O10.C6H6O/c1-2-47-29-16-18-31(37(43)44)33(22-29)35(41)39-24-8-12-27(13-9-24)50-28-14-10-25(11-15-28)40-36(42)34-23-30(17-19-32(34)38(45)46)49-21-20-48-26-6-4-3-5-7-26;7-6-4-2-1-3-5-6/h1,3-19,22-23H,20-21H2,(H,39,41)(H,40,42)(H,43,44)(H,45,46);1-5,7H. The van der Waals surface area contributed by atoms with Gasteiger partial charge in [0.25, 0.3) is 11.8 Å². The predicted octanol–water partition coefficient (Wildman–Crippen LogP) is 8.20. The monoisotopic (exact) mass is 766 g/mol. The minimum absolute atomic E-state index is 0.0840. The number of hydrogen-bond acceptors (Lipinski definition) is 9. The molecule has 0 unspecified atom stereocenters. The topological polar surface area (TPSA) is 190 Å². The quantitative estimate of drug-likeness (QED) is 0.0531. The Labute approximate surface area is 326 Å². The first kappa shape index (κ1) is 40.0. The van der Waals surface area contributed by atoms with Gasteiger partial charge in [0.1, 0.15) is 53.8 Å². The van der Waals surface area contributed by atoms with Crippen molar-refractivity contribution in [1.82, 2.24) is 0 Å². The van der Waals surface area contributed by atoms with Crippen molar-refractivity contribution in [2.45, 2.75) is 0 Å². The fraction of sp³-hybridized carbons (Fsp3) is 0.0455. The molecular formula is C44H34N2O11. The number of rotatable bonds is 14. The summed E-state index contributed by atoms with van der Waals surface area (Å²) in [7, 11) is 0. The Balaban J connectivity index is 0.000000799. The van der Waals surface area contributed by atoms with Crippen LogP contribution in [0.2, 0.25) is 0 Å². The number of carbonyl (C=O) groups is 4. The van der Waals surface area contributed by atoms with E-state index < -0.39 is 23.8 Å². The molecule has 0 aromatic heterocycles. The van der Waals surface area contributed by atoms with Crippen LogP contribution in [0, 0.1) is 12.5 Å². The zero-order valence-corrected chi connectivity index (χ0v) is 30.0. The summed E-state index contributed by atoms with van der Waals surface area (Å²) in [4.78, 5) is 49.4. The molecule has 0 radical (unpaired) electrons. The van der Waals surface area contributed by atoms with Gasteiger partial charge < -0.3 is 44.9 Å². The molecule has 286 valence electrons. The third-order valence-electron chi connectivity index (χ3n) is 7.69. The van der Waals surface area contributed by atoms with Gasteiger partial charge in [-0.2, -0.15) is 0 Å². The van der Waals surface area contributed by atoms with Gasteiger partial charge in [-0.1, -0.05) is 42.8 Å². The lowest BCUT2D eigenvalue weighted by molar-refractivity contribution is 0.0683. The smallest absolute Gasteiger partial charge is 0.336 e. The molecule has 13 heteroatoms. The maximum atomic E-state index is 13.1. The first-order chi connectivity index (χ1) is 27.6. The third kappa shape index (κ3) is 11.9. The summed E-state index contributed by atoms with van der Waals surface area (Å²) in [6, 6.07) is 38.6. The summed E-state index contributed by atoms with van der Waals surface area (Å²) in [5.74, 6) is -1.58. The Hall–Kier alpha value is -8.24. The van der Waals surface area contributed by atoms with Crippen LogP contribution in [0.4, 0.5) is 11.4 Å². The van der Waals surface area contributed by atoms with Gasteiger partial charge in [-0.15, -0.1) is 0 Å². The second kappa shape index (κ2) is 19.7. The van der Waals surface area contributed by atoms with E-state index >= 15 is 0 Å². The van der Waals surface area contributed by atoms with Crippen LogP contribution in [-0.4, -0.2) is 52.3 Å². The second-order valence-corrected chi connectivity index (χ2v) is 11.6. The molecule has 5 N–H and O–H groups in total. The Kier molecular flexibility index (Phi) is 13.8. The lowest BCUT2D eigenvalue weighted by atomic mass is 10.1. The normalized spacial score (nSPS) is 10.0. The van der Waals surface area contributed by atoms with E-state index in [0.717, 1.165) is 0 Å². The highest BCUT2D eigenvalue weighted by molar-refractivity contribution is 6.11. The molecule has 6 aromatic carbocycles. The lowest BCUT2D eigenvalue weighted by Crippen LogP contribution is -2.17. The van der Waals surface area contributed by atoms with Crippen molar-refractivity contribution in [3.63, 3.8) is 0 Å². The second-order valence-electron chi connectivity index (χ2n) is 11.6. The van der Waals surface area contributed by atoms with E-state index in [4.69, 9.17) is 30.5 Å². The highest BCUT2D eigenvalue weighted by Crippen LogP contribution is 2.27. The number of para-hydroxylation sites is 2. The first-order valence-corrected chi connectivity index (χ1v) is 17.0. The third-order valence-corrected chi connectivity index (χ3v) is 7.69. The molecule has 0 aliphatic rings. The van der Waals surface area contributed by atoms with Crippen molar-refractivity contribution in [2.24, 2.45) is 0 Å². The predicted molar refractivity (Wildman–Crippen MR) is 211 cm³/mol. The van der Waals surface area contributed by atoms with E-state index in [9.17, 15) is 29.4 Å². The van der Waals surface area contributed by atoms with Crippen LogP contribution in [0.3, 0.4) is 0 Å². The zero-order valence-electron chi connectivity index (χ0n) is 30.0. The van der Waals surface area contributed by atoms with Crippen molar-refractivity contribution < 1.29 is 53.4 Å². The number of amides is 2. The number of aromatic hydroxyl groups is 1. The number of benzene rings is 6. The molecule has 0 aliphatic carbocycles. The van der Waals surface area contributed by atoms with E-state index in [-0.39, 0.29) is 41.2 Å². The van der Waals surface area contributed by atoms with Crippen molar-refractivity contribution >= 4 is 35.1 Å². The molecule has 6 rings (SSSR count). The molecule has 0 atom stereocenters. The SMILES string of the molecule is C#COc1ccc(C(=O)O)c(C(=O)Nc2ccc(Oc3ccc(NC(=O)c4cc(OCCOc5ccccc5)ccc4C(=O)O)cc3)cc2)c1.Oc1ccccc1. The number of carbonyl (C=O) groups excluding carboxylic acids is 2. The maximum absolute atomic E-state index is 13.1. The molecule has 0 fully saturated rings. The van der Waals surface area contributed by atoms with Crippen molar-refractivity contribution in [2.75, 3.05) is 23.8 Å². The van der Waals surface area contributed by atoms with Crippen LogP contribution in [0.15, 0.2) is 146 Å². The number of nitrogens with one attached hydrogen (secondary N) is 2. The van der Waals surface area contributed by atoms with Gasteiger partial charge in [0.2, 0.25) is 0 Å². The largest absolute Gasteiger partial charge is 0.508 e. The molecule has 6 aromatic rings. The van der Waals surface area contributed by atoms with Crippen LogP contribution in [0.25, 0.3) is 0 Å². The van der Waals surface area contributed by atoms with Gasteiger partial charge in [0.05, 0.1) is 22.3 Å². The van der Waals surface area contributed by atoms with Crippen LogP contribution in [0.5, 0.6) is 34.5 Å². The Morgan fingerprint density at radius 2 is 0.930 bits per heavy atom. The number of phenols is 1. The maximum Gasteiger partial charge on any atom is 0.336 e. The van der Waals surface area contributed by atoms with E-state index in [2.05, 4.69) is 10.6 Å². The molecule has 0 heterocycles. The highest BCUT2D eigenvalue weighted by Gasteiger charge is 2.20. The van der Waals surface area contributed by atoms with Gasteiger partial charge >= 0.3 is 11.9 Å². The van der Waals surface area contributed by atoms with Crippen molar-refractivity contribution in [1.29, 1.82) is 0 Å². The van der Waals surface area contributed by atoms with E-state index in [1.165, 1.54) is 36.4 Å². The fourth-order valence-corrected chi connectivity index (χ4v) is 5.03. The van der Waals surface area contributed by atoms with Gasteiger partial charge in [0.15, 0.2) is 0 Å². The summed E-state index contributed by atoms with van der Waals surface area (Å²) >= 11 is 0. The summed E-state index contributed by atoms with van der Waals surface area (Å²) in [6.45, 7) is 0.420. The van der Waals surface area contributed by atoms with Crippen LogP contribution in [-0.2, 0) is 0 Å². The van der Waals surface area contributed by atoms with Crippen LogP contribution >= 0.6 is 0 Å². The molecule has 57 heavy (non-hydrogen) atoms. The summed E-state index contributed by atoms with van der Waals surface area (Å²) < 4.78 is 22.1. The van der Waals surface area contributed by atoms with E-state index in [0.29, 0.717) is 40.1 Å². The van der Waals surface area contributed by atoms with E-state index in [1.807, 2.05) is 42.5 Å². The summed E-state index contributed by atoms with van der Waals surface area (Å²) in [6.07, 6.45) is 7.10. The molecule has 0 saturated carbocycles. The molecule has 0 saturated heterocycles. The lowest BCUT2D eigenvalue weighted by Gasteiger charge is -2.12. The number of ether oxygens (including phenoxy) is 4. The van der Waals surface area contributed by atoms with Gasteiger partial charge in [-0.05, 0) is 109 Å². The molecule has 13 nitrogen and oxygen atoms in total. The minimum Gasteiger partial charge on any atom is -0.508 e. The first-order valence-electron chi connectivity index (χ1n) is 17.0. The number of hydrogen-bond donors (Lipinski definition) is 5. The van der Waals surface area contributed by atoms with Crippen molar-refractivity contribution in [3.05, 3.63) is 168 Å². The van der Waals surface area contributed by atoms with Crippen LogP contribution in [0.1, 0.15) is 41.4 Å². The minimum atomic E-state index is -1.29. The molecule has 0 bridgehead atoms. The van der Waals surface area contributed by atoms with Gasteiger partial charge in [0, 0.05) is 11.4 Å². The van der Waals surface area contributed by atoms with Crippen LogP contribution < -0.4 is 29.6 Å². The molecule has 0 aliphatic heterocycles. The molecule has 0 spiro atoms. The summed E-state index contributed by atoms with van der Waals surface area (Å²) in [5, 5.41) is 33.1. The average molecular weight is 767 g/mol. The summed E-state index contributed by atoms with van der Waals surface area (Å²) in [5.41, 5.74) is 0.121. The Bertz CT molecular complexity index is 2360. The zero-order chi connectivity index (χ0) is 40.6. The highest BCUT2D eigenvalue weighted by atomic mass is 16.5. The number of carboxylic acid groups (broad SMARTS) is 2. The average Bonchev–Trinajstić information content (AvgIpc) is 3.22. The number of aromatic carboxylic acids is 2. The van der Waals surface area contributed by atoms with Crippen molar-refractivity contribution in [3.8, 4) is 47.0 Å². The van der Waals surface area contributed by atoms with E-state index in [1.54, 1.807) is 72.8 Å². The number of terminal acetylenes is 1. The number of phenolic OH excluding ortho intramolecular Hbond substituents is 1. The molecular weight excluding hydrogens is 732 g/mol. The van der Waals surface area contributed by atoms with Gasteiger partial charge in [-0.25, -0.2) is 9.59 Å². The Morgan fingerprint density at radius 3 is 1.37 bits per heavy atom.